The molecule has 0 N–H and O–H groups in total. The summed E-state index contributed by atoms with van der Waals surface area (Å²) < 4.78 is 5.53. The van der Waals surface area contributed by atoms with Crippen LogP contribution in [0.5, 0.6) is 0 Å². The molecule has 7 nitrogen and oxygen atoms in total. The van der Waals surface area contributed by atoms with E-state index in [4.69, 9.17) is 16.3 Å². The Morgan fingerprint density at radius 3 is 3.10 bits per heavy atom. The number of nitro groups is 1. The molecule has 1 aliphatic heterocycles. The third-order valence-corrected chi connectivity index (χ3v) is 3.64. The molecule has 0 bridgehead atoms. The van der Waals surface area contributed by atoms with Crippen molar-refractivity contribution in [1.82, 2.24) is 9.88 Å². The molecule has 0 radical (unpaired) electrons. The summed E-state index contributed by atoms with van der Waals surface area (Å²) in [5.41, 5.74) is -0.472. The highest BCUT2D eigenvalue weighted by atomic mass is 35.5. The number of nitrogens with zero attached hydrogens (tertiary/aromatic N) is 3. The Kier molecular flexibility index (Phi) is 5.08. The number of piperidine rings is 1. The summed E-state index contributed by atoms with van der Waals surface area (Å²) in [6.45, 7) is 3.46. The highest BCUT2D eigenvalue weighted by molar-refractivity contribution is 6.32. The summed E-state index contributed by atoms with van der Waals surface area (Å²) >= 11 is 5.74. The predicted octanol–water partition coefficient (Wildman–Crippen LogP) is 2.28. The lowest BCUT2D eigenvalue weighted by molar-refractivity contribution is -0.385. The van der Waals surface area contributed by atoms with Gasteiger partial charge in [0.1, 0.15) is 5.56 Å². The second-order valence-corrected chi connectivity index (χ2v) is 5.08. The van der Waals surface area contributed by atoms with Gasteiger partial charge in [-0.25, -0.2) is 4.98 Å². The van der Waals surface area contributed by atoms with E-state index >= 15 is 0 Å². The molecular formula is C13H16ClN3O4. The number of hydrogen-bond donors (Lipinski definition) is 0. The van der Waals surface area contributed by atoms with E-state index in [-0.39, 0.29) is 16.8 Å². The van der Waals surface area contributed by atoms with E-state index in [0.717, 1.165) is 12.8 Å². The van der Waals surface area contributed by atoms with Gasteiger partial charge in [-0.2, -0.15) is 0 Å². The number of carbonyl (C=O) groups is 1. The molecule has 1 saturated heterocycles. The lowest BCUT2D eigenvalue weighted by atomic mass is 10.1. The Morgan fingerprint density at radius 1 is 1.67 bits per heavy atom. The van der Waals surface area contributed by atoms with Crippen molar-refractivity contribution in [2.75, 3.05) is 19.7 Å². The first kappa shape index (κ1) is 15.7. The molecule has 114 valence electrons. The minimum Gasteiger partial charge on any atom is -0.377 e. The second-order valence-electron chi connectivity index (χ2n) is 4.73. The van der Waals surface area contributed by atoms with Crippen molar-refractivity contribution in [3.63, 3.8) is 0 Å². The summed E-state index contributed by atoms with van der Waals surface area (Å²) in [5, 5.41) is 10.8. The molecule has 1 fully saturated rings. The number of aromatic nitrogens is 1. The largest absolute Gasteiger partial charge is 0.377 e. The molecule has 8 heteroatoms. The van der Waals surface area contributed by atoms with E-state index in [1.165, 1.54) is 12.3 Å². The van der Waals surface area contributed by atoms with E-state index in [1.54, 1.807) is 4.90 Å². The lowest BCUT2D eigenvalue weighted by Gasteiger charge is -2.32. The SMILES string of the molecule is CCOC1CCCN(C(=O)c2ccnc(Cl)c2[N+](=O)[O-])C1. The molecule has 1 atom stereocenters. The smallest absolute Gasteiger partial charge is 0.319 e. The molecule has 0 saturated carbocycles. The van der Waals surface area contributed by atoms with Crippen LogP contribution in [0.15, 0.2) is 12.3 Å². The van der Waals surface area contributed by atoms with Crippen LogP contribution in [0.3, 0.4) is 0 Å². The summed E-state index contributed by atoms with van der Waals surface area (Å²) in [7, 11) is 0. The Labute approximate surface area is 127 Å². The molecular weight excluding hydrogens is 298 g/mol. The molecule has 0 aromatic carbocycles. The van der Waals surface area contributed by atoms with Crippen molar-refractivity contribution in [1.29, 1.82) is 0 Å². The van der Waals surface area contributed by atoms with Crippen LogP contribution in [0.4, 0.5) is 5.69 Å². The highest BCUT2D eigenvalue weighted by Gasteiger charge is 2.31. The molecule has 1 aromatic heterocycles. The summed E-state index contributed by atoms with van der Waals surface area (Å²) in [6, 6.07) is 1.33. The van der Waals surface area contributed by atoms with Crippen molar-refractivity contribution in [2.24, 2.45) is 0 Å². The highest BCUT2D eigenvalue weighted by Crippen LogP contribution is 2.28. The monoisotopic (exact) mass is 313 g/mol. The van der Waals surface area contributed by atoms with Gasteiger partial charge >= 0.3 is 5.69 Å². The first-order valence-corrected chi connectivity index (χ1v) is 7.12. The first-order chi connectivity index (χ1) is 10.0. The Bertz CT molecular complexity index is 550. The Morgan fingerprint density at radius 2 is 2.43 bits per heavy atom. The van der Waals surface area contributed by atoms with Gasteiger partial charge in [-0.3, -0.25) is 14.9 Å². The number of pyridine rings is 1. The minimum atomic E-state index is -0.674. The third kappa shape index (κ3) is 3.48. The van der Waals surface area contributed by atoms with Crippen LogP contribution in [-0.4, -0.2) is 46.5 Å². The topological polar surface area (TPSA) is 85.6 Å². The number of rotatable bonds is 4. The maximum absolute atomic E-state index is 12.5. The average molecular weight is 314 g/mol. The van der Waals surface area contributed by atoms with Gasteiger partial charge in [0.25, 0.3) is 5.91 Å². The predicted molar refractivity (Wildman–Crippen MR) is 76.5 cm³/mol. The molecule has 21 heavy (non-hydrogen) atoms. The number of carbonyl (C=O) groups excluding carboxylic acids is 1. The molecule has 1 aromatic rings. The zero-order valence-electron chi connectivity index (χ0n) is 11.6. The normalized spacial score (nSPS) is 18.6. The molecule has 0 aliphatic carbocycles. The summed E-state index contributed by atoms with van der Waals surface area (Å²) in [5.74, 6) is -0.407. The maximum Gasteiger partial charge on any atom is 0.319 e. The number of hydrogen-bond acceptors (Lipinski definition) is 5. The fourth-order valence-corrected chi connectivity index (χ4v) is 2.67. The van der Waals surface area contributed by atoms with Gasteiger partial charge in [-0.1, -0.05) is 11.6 Å². The van der Waals surface area contributed by atoms with E-state index in [0.29, 0.717) is 19.7 Å². The van der Waals surface area contributed by atoms with Crippen LogP contribution in [0.2, 0.25) is 5.15 Å². The molecule has 1 aliphatic rings. The molecule has 0 spiro atoms. The second kappa shape index (κ2) is 6.82. The lowest BCUT2D eigenvalue weighted by Crippen LogP contribution is -2.43. The van der Waals surface area contributed by atoms with Crippen LogP contribution in [-0.2, 0) is 4.74 Å². The summed E-state index contributed by atoms with van der Waals surface area (Å²) in [4.78, 5) is 28.1. The third-order valence-electron chi connectivity index (χ3n) is 3.36. The van der Waals surface area contributed by atoms with Crippen molar-refractivity contribution in [2.45, 2.75) is 25.9 Å². The summed E-state index contributed by atoms with van der Waals surface area (Å²) in [6.07, 6.45) is 2.97. The standard InChI is InChI=1S/C13H16ClN3O4/c1-2-21-9-4-3-7-16(8-9)13(18)10-5-6-15-12(14)11(10)17(19)20/h5-6,9H,2-4,7-8H2,1H3. The number of halogens is 1. The average Bonchev–Trinajstić information content (AvgIpc) is 2.46. The maximum atomic E-state index is 12.5. The van der Waals surface area contributed by atoms with E-state index in [9.17, 15) is 14.9 Å². The van der Waals surface area contributed by atoms with E-state index in [2.05, 4.69) is 4.98 Å². The number of ether oxygens (including phenoxy) is 1. The van der Waals surface area contributed by atoms with Crippen molar-refractivity contribution in [3.8, 4) is 0 Å². The van der Waals surface area contributed by atoms with Crippen LogP contribution >= 0.6 is 11.6 Å². The number of amides is 1. The van der Waals surface area contributed by atoms with Gasteiger partial charge in [0.2, 0.25) is 5.15 Å². The number of likely N-dealkylation sites (tertiary alicyclic amines) is 1. The Balaban J connectivity index is 2.24. The van der Waals surface area contributed by atoms with E-state index < -0.39 is 16.5 Å². The molecule has 1 unspecified atom stereocenters. The van der Waals surface area contributed by atoms with Crippen LogP contribution < -0.4 is 0 Å². The fraction of sp³-hybridized carbons (Fsp3) is 0.538. The zero-order chi connectivity index (χ0) is 15.4. The van der Waals surface area contributed by atoms with Crippen molar-refractivity contribution in [3.05, 3.63) is 33.1 Å². The van der Waals surface area contributed by atoms with Crippen molar-refractivity contribution >= 4 is 23.2 Å². The van der Waals surface area contributed by atoms with Gasteiger partial charge in [-0.05, 0) is 25.8 Å². The van der Waals surface area contributed by atoms with Gasteiger partial charge < -0.3 is 9.64 Å². The van der Waals surface area contributed by atoms with Gasteiger partial charge in [-0.15, -0.1) is 0 Å². The molecule has 2 heterocycles. The first-order valence-electron chi connectivity index (χ1n) is 6.74. The van der Waals surface area contributed by atoms with Crippen LogP contribution in [0.1, 0.15) is 30.1 Å². The molecule has 1 amide bonds. The molecule has 2 rings (SSSR count). The van der Waals surface area contributed by atoms with Gasteiger partial charge in [0.05, 0.1) is 11.0 Å². The van der Waals surface area contributed by atoms with E-state index in [1.807, 2.05) is 6.92 Å². The van der Waals surface area contributed by atoms with Crippen LogP contribution in [0.25, 0.3) is 0 Å². The van der Waals surface area contributed by atoms with Crippen molar-refractivity contribution < 1.29 is 14.5 Å². The Hall–Kier alpha value is -1.73. The van der Waals surface area contributed by atoms with Gasteiger partial charge in [0.15, 0.2) is 0 Å². The van der Waals surface area contributed by atoms with Crippen LogP contribution in [0, 0.1) is 10.1 Å². The van der Waals surface area contributed by atoms with Gasteiger partial charge in [0, 0.05) is 25.9 Å². The zero-order valence-corrected chi connectivity index (χ0v) is 12.4. The quantitative estimate of drug-likeness (QED) is 0.483. The minimum absolute atomic E-state index is 0.0240. The fourth-order valence-electron chi connectivity index (χ4n) is 2.44.